The number of nitrogens with zero attached hydrogens (tertiary/aromatic N) is 1. The lowest BCUT2D eigenvalue weighted by Crippen LogP contribution is -2.20. The molecule has 2 aromatic heterocycles. The fraction of sp³-hybridized carbons (Fsp3) is 0.133. The first kappa shape index (κ1) is 14.4. The number of pyridine rings is 1. The van der Waals surface area contributed by atoms with E-state index < -0.39 is 0 Å². The van der Waals surface area contributed by atoms with Gasteiger partial charge in [-0.1, -0.05) is 11.6 Å². The van der Waals surface area contributed by atoms with Gasteiger partial charge in [0.1, 0.15) is 5.76 Å². The summed E-state index contributed by atoms with van der Waals surface area (Å²) in [6.07, 6.45) is 3.37. The van der Waals surface area contributed by atoms with Crippen LogP contribution < -0.4 is 11.1 Å². The van der Waals surface area contributed by atoms with Gasteiger partial charge in [0.15, 0.2) is 0 Å². The van der Waals surface area contributed by atoms with Gasteiger partial charge in [-0.2, -0.15) is 0 Å². The van der Waals surface area contributed by atoms with Crippen molar-refractivity contribution in [1.29, 1.82) is 0 Å². The molecule has 4 nitrogen and oxygen atoms in total. The van der Waals surface area contributed by atoms with E-state index >= 15 is 0 Å². The fourth-order valence-electron chi connectivity index (χ4n) is 2.23. The molecule has 108 valence electrons. The molecule has 0 fully saturated rings. The largest absolute Gasteiger partial charge is 0.466 e. The van der Waals surface area contributed by atoms with Crippen molar-refractivity contribution in [3.05, 3.63) is 58.0 Å². The Bertz CT molecular complexity index is 774. The quantitative estimate of drug-likeness (QED) is 0.720. The van der Waals surface area contributed by atoms with E-state index in [1.807, 2.05) is 30.3 Å². The zero-order chi connectivity index (χ0) is 14.8. The van der Waals surface area contributed by atoms with Crippen LogP contribution in [0.4, 0.5) is 5.69 Å². The number of anilines is 1. The highest BCUT2D eigenvalue weighted by atomic mass is 79.9. The molecular weight excluding hydrogens is 354 g/mol. The Balaban J connectivity index is 2.01. The van der Waals surface area contributed by atoms with Crippen LogP contribution in [-0.2, 0) is 0 Å². The minimum absolute atomic E-state index is 0.152. The predicted molar refractivity (Wildman–Crippen MR) is 88.6 cm³/mol. The number of rotatable bonds is 4. The van der Waals surface area contributed by atoms with E-state index in [4.69, 9.17) is 21.8 Å². The lowest BCUT2D eigenvalue weighted by atomic mass is 10.1. The van der Waals surface area contributed by atoms with E-state index in [1.54, 1.807) is 12.5 Å². The van der Waals surface area contributed by atoms with Gasteiger partial charge >= 0.3 is 0 Å². The number of hydrogen-bond acceptors (Lipinski definition) is 4. The first-order valence-corrected chi connectivity index (χ1v) is 7.60. The van der Waals surface area contributed by atoms with E-state index in [9.17, 15) is 0 Å². The average Bonchev–Trinajstić information content (AvgIpc) is 2.93. The minimum Gasteiger partial charge on any atom is -0.466 e. The molecule has 0 radical (unpaired) electrons. The van der Waals surface area contributed by atoms with Gasteiger partial charge in [0.05, 0.1) is 33.0 Å². The smallest absolute Gasteiger partial charge is 0.141 e. The number of fused-ring (bicyclic) bond motifs is 1. The van der Waals surface area contributed by atoms with Crippen LogP contribution in [-0.4, -0.2) is 11.5 Å². The second-order valence-corrected chi connectivity index (χ2v) is 5.82. The summed E-state index contributed by atoms with van der Waals surface area (Å²) in [5, 5.41) is 4.95. The maximum Gasteiger partial charge on any atom is 0.141 e. The van der Waals surface area contributed by atoms with Crippen molar-refractivity contribution < 1.29 is 4.42 Å². The first-order chi connectivity index (χ1) is 10.2. The second kappa shape index (κ2) is 6.05. The molecular formula is C15H13BrClN3O. The molecule has 3 rings (SSSR count). The zero-order valence-electron chi connectivity index (χ0n) is 11.0. The van der Waals surface area contributed by atoms with Crippen LogP contribution in [0.2, 0.25) is 5.02 Å². The van der Waals surface area contributed by atoms with E-state index in [2.05, 4.69) is 26.2 Å². The second-order valence-electron chi connectivity index (χ2n) is 4.56. The SMILES string of the molecule is NCC(Nc1ccc(Cl)c2cccnc12)c1occc1Br. The molecule has 0 aliphatic rings. The maximum atomic E-state index is 6.21. The van der Waals surface area contributed by atoms with E-state index in [0.29, 0.717) is 11.6 Å². The van der Waals surface area contributed by atoms with Crippen LogP contribution in [0.1, 0.15) is 11.8 Å². The topological polar surface area (TPSA) is 64.1 Å². The third kappa shape index (κ3) is 2.77. The van der Waals surface area contributed by atoms with Gasteiger partial charge in [0.25, 0.3) is 0 Å². The minimum atomic E-state index is -0.152. The van der Waals surface area contributed by atoms with Gasteiger partial charge in [0, 0.05) is 18.1 Å². The van der Waals surface area contributed by atoms with E-state index in [1.165, 1.54) is 0 Å². The molecule has 0 saturated heterocycles. The van der Waals surface area contributed by atoms with Gasteiger partial charge in [-0.15, -0.1) is 0 Å². The van der Waals surface area contributed by atoms with Crippen molar-refractivity contribution >= 4 is 44.1 Å². The molecule has 3 N–H and O–H groups in total. The van der Waals surface area contributed by atoms with Crippen LogP contribution in [0.25, 0.3) is 10.9 Å². The zero-order valence-corrected chi connectivity index (χ0v) is 13.4. The number of nitrogens with two attached hydrogens (primary N) is 1. The van der Waals surface area contributed by atoms with Crippen LogP contribution in [0, 0.1) is 0 Å². The van der Waals surface area contributed by atoms with Crippen molar-refractivity contribution in [2.45, 2.75) is 6.04 Å². The van der Waals surface area contributed by atoms with Crippen LogP contribution in [0.3, 0.4) is 0 Å². The van der Waals surface area contributed by atoms with Gasteiger partial charge in [-0.05, 0) is 46.3 Å². The van der Waals surface area contributed by atoms with Crippen LogP contribution in [0.5, 0.6) is 0 Å². The summed E-state index contributed by atoms with van der Waals surface area (Å²) >= 11 is 9.66. The molecule has 6 heteroatoms. The molecule has 0 aliphatic carbocycles. The Morgan fingerprint density at radius 2 is 2.19 bits per heavy atom. The normalized spacial score (nSPS) is 12.5. The number of benzene rings is 1. The van der Waals surface area contributed by atoms with Crippen LogP contribution >= 0.6 is 27.5 Å². The predicted octanol–water partition coefficient (Wildman–Crippen LogP) is 4.36. The molecule has 0 spiro atoms. The molecule has 0 saturated carbocycles. The summed E-state index contributed by atoms with van der Waals surface area (Å²) in [6.45, 7) is 0.392. The Morgan fingerprint density at radius 3 is 2.90 bits per heavy atom. The van der Waals surface area contributed by atoms with Crippen molar-refractivity contribution in [2.75, 3.05) is 11.9 Å². The van der Waals surface area contributed by atoms with Gasteiger partial charge in [0.2, 0.25) is 0 Å². The molecule has 2 heterocycles. The summed E-state index contributed by atoms with van der Waals surface area (Å²) < 4.78 is 6.38. The third-order valence-electron chi connectivity index (χ3n) is 3.24. The Morgan fingerprint density at radius 1 is 1.33 bits per heavy atom. The molecule has 0 bridgehead atoms. The fourth-order valence-corrected chi connectivity index (χ4v) is 2.92. The highest BCUT2D eigenvalue weighted by molar-refractivity contribution is 9.10. The van der Waals surface area contributed by atoms with Crippen LogP contribution in [0.15, 0.2) is 51.7 Å². The maximum absolute atomic E-state index is 6.21. The van der Waals surface area contributed by atoms with E-state index in [0.717, 1.165) is 26.8 Å². The lowest BCUT2D eigenvalue weighted by molar-refractivity contribution is 0.479. The standard InChI is InChI=1S/C15H13BrClN3O/c16-10-5-7-21-15(10)13(8-18)20-12-4-3-11(17)9-2-1-6-19-14(9)12/h1-7,13,20H,8,18H2. The Labute approximate surface area is 135 Å². The van der Waals surface area contributed by atoms with Crippen molar-refractivity contribution in [1.82, 2.24) is 4.98 Å². The van der Waals surface area contributed by atoms with Crippen molar-refractivity contribution in [3.8, 4) is 0 Å². The van der Waals surface area contributed by atoms with Crippen molar-refractivity contribution in [2.24, 2.45) is 5.73 Å². The molecule has 3 aromatic rings. The molecule has 1 aromatic carbocycles. The molecule has 0 amide bonds. The number of furan rings is 1. The Kier molecular flexibility index (Phi) is 4.14. The molecule has 21 heavy (non-hydrogen) atoms. The molecule has 0 aliphatic heterocycles. The summed E-state index contributed by atoms with van der Waals surface area (Å²) in [5.41, 5.74) is 7.55. The highest BCUT2D eigenvalue weighted by Crippen LogP contribution is 2.32. The summed E-state index contributed by atoms with van der Waals surface area (Å²) in [6, 6.07) is 9.24. The monoisotopic (exact) mass is 365 g/mol. The lowest BCUT2D eigenvalue weighted by Gasteiger charge is -2.18. The number of halogens is 2. The molecule has 1 unspecified atom stereocenters. The summed E-state index contributed by atoms with van der Waals surface area (Å²) in [4.78, 5) is 4.40. The van der Waals surface area contributed by atoms with E-state index in [-0.39, 0.29) is 6.04 Å². The third-order valence-corrected chi connectivity index (χ3v) is 4.23. The number of nitrogens with one attached hydrogen (secondary N) is 1. The highest BCUT2D eigenvalue weighted by Gasteiger charge is 2.18. The number of hydrogen-bond donors (Lipinski definition) is 2. The first-order valence-electron chi connectivity index (χ1n) is 6.43. The Hall–Kier alpha value is -1.56. The van der Waals surface area contributed by atoms with Gasteiger partial charge in [-0.3, -0.25) is 4.98 Å². The summed E-state index contributed by atoms with van der Waals surface area (Å²) in [5.74, 6) is 0.761. The van der Waals surface area contributed by atoms with Crippen molar-refractivity contribution in [3.63, 3.8) is 0 Å². The number of aromatic nitrogens is 1. The average molecular weight is 367 g/mol. The summed E-state index contributed by atoms with van der Waals surface area (Å²) in [7, 11) is 0. The van der Waals surface area contributed by atoms with Gasteiger partial charge < -0.3 is 15.5 Å². The molecule has 1 atom stereocenters. The van der Waals surface area contributed by atoms with Gasteiger partial charge in [-0.25, -0.2) is 0 Å².